The summed E-state index contributed by atoms with van der Waals surface area (Å²) in [7, 11) is 7.60. The molecule has 0 unspecified atom stereocenters. The van der Waals surface area contributed by atoms with E-state index in [4.69, 9.17) is 5.11 Å². The molecule has 0 aliphatic carbocycles. The Balaban J connectivity index is 0. The van der Waals surface area contributed by atoms with Gasteiger partial charge in [-0.25, -0.2) is 0 Å². The summed E-state index contributed by atoms with van der Waals surface area (Å²) >= 11 is 0. The van der Waals surface area contributed by atoms with Gasteiger partial charge in [-0.2, -0.15) is 0 Å². The first-order valence-electron chi connectivity index (χ1n) is 3.03. The Bertz CT molecular complexity index is 40.0. The Labute approximate surface area is 57.7 Å². The van der Waals surface area contributed by atoms with Crippen molar-refractivity contribution < 1.29 is 5.11 Å². The normalized spacial score (nSPS) is 8.67. The van der Waals surface area contributed by atoms with Crippen LogP contribution in [0.15, 0.2) is 0 Å². The topological polar surface area (TPSA) is 35.5 Å². The summed E-state index contributed by atoms with van der Waals surface area (Å²) in [5, 5.41) is 10.9. The zero-order valence-electron chi connectivity index (χ0n) is 6.81. The van der Waals surface area contributed by atoms with E-state index in [2.05, 4.69) is 5.32 Å². The molecule has 0 aromatic carbocycles. The lowest BCUT2D eigenvalue weighted by atomic mass is 10.6. The van der Waals surface area contributed by atoms with Crippen LogP contribution in [0.3, 0.4) is 0 Å². The van der Waals surface area contributed by atoms with E-state index in [9.17, 15) is 0 Å². The van der Waals surface area contributed by atoms with Crippen LogP contribution >= 0.6 is 0 Å². The maximum atomic E-state index is 8.20. The van der Waals surface area contributed by atoms with Crippen LogP contribution in [0, 0.1) is 0 Å². The molecule has 3 nitrogen and oxygen atoms in total. The largest absolute Gasteiger partial charge is 0.395 e. The van der Waals surface area contributed by atoms with Gasteiger partial charge in [0.05, 0.1) is 6.61 Å². The van der Waals surface area contributed by atoms with Crippen molar-refractivity contribution in [1.82, 2.24) is 10.2 Å². The van der Waals surface area contributed by atoms with E-state index in [0.717, 1.165) is 6.54 Å². The molecule has 58 valence electrons. The van der Waals surface area contributed by atoms with Crippen LogP contribution in [0.5, 0.6) is 0 Å². The van der Waals surface area contributed by atoms with Crippen molar-refractivity contribution in [1.29, 1.82) is 0 Å². The summed E-state index contributed by atoms with van der Waals surface area (Å²) in [6, 6.07) is 0. The van der Waals surface area contributed by atoms with Gasteiger partial charge in [-0.05, 0) is 28.2 Å². The van der Waals surface area contributed by atoms with Gasteiger partial charge in [0.15, 0.2) is 0 Å². The molecule has 0 aliphatic heterocycles. The van der Waals surface area contributed by atoms with Gasteiger partial charge in [-0.3, -0.25) is 0 Å². The van der Waals surface area contributed by atoms with E-state index in [1.165, 1.54) is 0 Å². The van der Waals surface area contributed by atoms with Crippen molar-refractivity contribution in [3.63, 3.8) is 0 Å². The molecule has 0 heterocycles. The summed E-state index contributed by atoms with van der Waals surface area (Å²) in [5.74, 6) is 0. The van der Waals surface area contributed by atoms with Gasteiger partial charge in [0.25, 0.3) is 0 Å². The molecule has 0 spiro atoms. The summed E-state index contributed by atoms with van der Waals surface area (Å²) in [6.45, 7) is 1.02. The van der Waals surface area contributed by atoms with E-state index in [0.29, 0.717) is 0 Å². The average molecular weight is 134 g/mol. The molecule has 0 amide bonds. The summed E-state index contributed by atoms with van der Waals surface area (Å²) in [6.07, 6.45) is 0. The molecule has 0 bridgehead atoms. The Morgan fingerprint density at radius 1 is 1.33 bits per heavy atom. The van der Waals surface area contributed by atoms with Crippen molar-refractivity contribution in [2.75, 3.05) is 41.3 Å². The zero-order valence-corrected chi connectivity index (χ0v) is 6.81. The van der Waals surface area contributed by atoms with Crippen LogP contribution in [0.1, 0.15) is 0 Å². The van der Waals surface area contributed by atoms with E-state index >= 15 is 0 Å². The lowest BCUT2D eigenvalue weighted by Crippen LogP contribution is -2.15. The minimum atomic E-state index is 0.257. The Morgan fingerprint density at radius 2 is 1.67 bits per heavy atom. The summed E-state index contributed by atoms with van der Waals surface area (Å²) < 4.78 is 0. The fourth-order valence-corrected chi connectivity index (χ4v) is 0.200. The number of nitrogens with zero attached hydrogens (tertiary/aromatic N) is 1. The first-order valence-corrected chi connectivity index (χ1v) is 3.03. The predicted molar refractivity (Wildman–Crippen MR) is 40.6 cm³/mol. The van der Waals surface area contributed by atoms with E-state index in [1.807, 2.05) is 33.1 Å². The van der Waals surface area contributed by atoms with Crippen LogP contribution in [0.4, 0.5) is 0 Å². The highest BCUT2D eigenvalue weighted by molar-refractivity contribution is 4.34. The van der Waals surface area contributed by atoms with Gasteiger partial charge >= 0.3 is 0 Å². The van der Waals surface area contributed by atoms with Crippen LogP contribution < -0.4 is 5.32 Å². The molecule has 0 radical (unpaired) electrons. The molecule has 0 aliphatic rings. The zero-order chi connectivity index (χ0) is 7.70. The van der Waals surface area contributed by atoms with Crippen molar-refractivity contribution in [3.8, 4) is 0 Å². The molecular formula is C6H18N2O. The lowest BCUT2D eigenvalue weighted by Gasteiger charge is -2.03. The first-order chi connectivity index (χ1) is 4.18. The number of aliphatic hydroxyl groups is 1. The quantitative estimate of drug-likeness (QED) is 0.528. The SMILES string of the molecule is CN(C)CCO.CNC. The lowest BCUT2D eigenvalue weighted by molar-refractivity contribution is 0.243. The second-order valence-electron chi connectivity index (χ2n) is 2.03. The van der Waals surface area contributed by atoms with Crippen LogP contribution in [0.2, 0.25) is 0 Å². The van der Waals surface area contributed by atoms with E-state index < -0.39 is 0 Å². The van der Waals surface area contributed by atoms with Crippen molar-refractivity contribution in [2.45, 2.75) is 0 Å². The van der Waals surface area contributed by atoms with Crippen LogP contribution in [-0.4, -0.2) is 51.3 Å². The second kappa shape index (κ2) is 10.8. The number of nitrogens with one attached hydrogen (secondary N) is 1. The fourth-order valence-electron chi connectivity index (χ4n) is 0.200. The molecule has 0 saturated heterocycles. The minimum absolute atomic E-state index is 0.257. The first kappa shape index (κ1) is 11.6. The van der Waals surface area contributed by atoms with Gasteiger partial charge in [-0.1, -0.05) is 0 Å². The molecule has 0 saturated carbocycles. The number of hydrogen-bond donors (Lipinski definition) is 2. The third-order valence-electron chi connectivity index (χ3n) is 0.547. The molecule has 0 fully saturated rings. The van der Waals surface area contributed by atoms with Crippen molar-refractivity contribution in [3.05, 3.63) is 0 Å². The summed E-state index contributed by atoms with van der Waals surface area (Å²) in [4.78, 5) is 1.93. The molecular weight excluding hydrogens is 116 g/mol. The van der Waals surface area contributed by atoms with E-state index in [-0.39, 0.29) is 6.61 Å². The van der Waals surface area contributed by atoms with Crippen molar-refractivity contribution in [2.24, 2.45) is 0 Å². The van der Waals surface area contributed by atoms with Gasteiger partial charge < -0.3 is 15.3 Å². The molecule has 0 aromatic heterocycles. The molecule has 0 aromatic rings. The third-order valence-corrected chi connectivity index (χ3v) is 0.547. The molecule has 3 heteroatoms. The Hall–Kier alpha value is -0.120. The molecule has 0 atom stereocenters. The van der Waals surface area contributed by atoms with Crippen LogP contribution in [-0.2, 0) is 0 Å². The number of aliphatic hydroxyl groups excluding tert-OH is 1. The second-order valence-corrected chi connectivity index (χ2v) is 2.03. The van der Waals surface area contributed by atoms with Gasteiger partial charge in [-0.15, -0.1) is 0 Å². The molecule has 0 rings (SSSR count). The van der Waals surface area contributed by atoms with Gasteiger partial charge in [0.2, 0.25) is 0 Å². The molecule has 2 N–H and O–H groups in total. The monoisotopic (exact) mass is 134 g/mol. The third kappa shape index (κ3) is 32.8. The maximum absolute atomic E-state index is 8.20. The van der Waals surface area contributed by atoms with Crippen LogP contribution in [0.25, 0.3) is 0 Å². The minimum Gasteiger partial charge on any atom is -0.395 e. The average Bonchev–Trinajstić information content (AvgIpc) is 1.67. The highest BCUT2D eigenvalue weighted by atomic mass is 16.3. The number of likely N-dealkylation sites (N-methyl/N-ethyl adjacent to an activating group) is 1. The highest BCUT2D eigenvalue weighted by Gasteiger charge is 1.80. The summed E-state index contributed by atoms with van der Waals surface area (Å²) in [5.41, 5.74) is 0. The molecule has 9 heavy (non-hydrogen) atoms. The van der Waals surface area contributed by atoms with Gasteiger partial charge in [0.1, 0.15) is 0 Å². The van der Waals surface area contributed by atoms with Crippen molar-refractivity contribution >= 4 is 0 Å². The maximum Gasteiger partial charge on any atom is 0.0558 e. The smallest absolute Gasteiger partial charge is 0.0558 e. The number of hydrogen-bond acceptors (Lipinski definition) is 3. The predicted octanol–water partition coefficient (Wildman–Crippen LogP) is -0.624. The Morgan fingerprint density at radius 3 is 1.67 bits per heavy atom. The Kier molecular flexibility index (Phi) is 14.0. The van der Waals surface area contributed by atoms with E-state index in [1.54, 1.807) is 0 Å². The number of rotatable bonds is 2. The fraction of sp³-hybridized carbons (Fsp3) is 1.00. The van der Waals surface area contributed by atoms with Gasteiger partial charge in [0, 0.05) is 6.54 Å². The highest BCUT2D eigenvalue weighted by Crippen LogP contribution is 1.66. The standard InChI is InChI=1S/C4H11NO.C2H7N/c1-5(2)3-4-6;1-3-2/h6H,3-4H2,1-2H3;3H,1-2H3.